The zero-order valence-corrected chi connectivity index (χ0v) is 14.6. The Balaban J connectivity index is 2.26. The van der Waals surface area contributed by atoms with Crippen LogP contribution < -0.4 is 5.32 Å². The van der Waals surface area contributed by atoms with E-state index in [4.69, 9.17) is 11.6 Å². The number of hydrogen-bond donors (Lipinski definition) is 2. The van der Waals surface area contributed by atoms with E-state index in [-0.39, 0.29) is 5.92 Å². The van der Waals surface area contributed by atoms with Crippen LogP contribution in [0, 0.1) is 0 Å². The molecule has 22 heavy (non-hydrogen) atoms. The second-order valence-corrected chi connectivity index (χ2v) is 6.80. The topological polar surface area (TPSA) is 35.5 Å². The molecular formula is C18H29ClN2O. The highest BCUT2D eigenvalue weighted by molar-refractivity contribution is 6.30. The van der Waals surface area contributed by atoms with Gasteiger partial charge in [0, 0.05) is 43.7 Å². The molecule has 1 aromatic carbocycles. The van der Waals surface area contributed by atoms with Crippen LogP contribution in [0.2, 0.25) is 5.02 Å². The van der Waals surface area contributed by atoms with E-state index in [0.29, 0.717) is 0 Å². The minimum atomic E-state index is -0.662. The molecule has 1 aromatic rings. The van der Waals surface area contributed by atoms with Crippen molar-refractivity contribution in [2.75, 3.05) is 32.7 Å². The average Bonchev–Trinajstić information content (AvgIpc) is 2.53. The molecule has 1 heterocycles. The second kappa shape index (κ2) is 8.30. The highest BCUT2D eigenvalue weighted by Crippen LogP contribution is 2.36. The molecule has 2 N–H and O–H groups in total. The third kappa shape index (κ3) is 4.45. The first kappa shape index (κ1) is 17.7. The minimum Gasteiger partial charge on any atom is -0.389 e. The van der Waals surface area contributed by atoms with Gasteiger partial charge < -0.3 is 15.3 Å². The molecule has 1 aliphatic heterocycles. The molecule has 0 radical (unpaired) electrons. The molecule has 2 atom stereocenters. The molecular weight excluding hydrogens is 296 g/mol. The van der Waals surface area contributed by atoms with E-state index in [1.807, 2.05) is 18.2 Å². The van der Waals surface area contributed by atoms with E-state index in [9.17, 15) is 5.11 Å². The molecule has 1 aliphatic rings. The fourth-order valence-corrected chi connectivity index (χ4v) is 3.69. The third-order valence-electron chi connectivity index (χ3n) is 4.85. The molecule has 1 fully saturated rings. The van der Waals surface area contributed by atoms with Gasteiger partial charge in [0.15, 0.2) is 0 Å². The average molecular weight is 325 g/mol. The van der Waals surface area contributed by atoms with Gasteiger partial charge in [0.25, 0.3) is 0 Å². The van der Waals surface area contributed by atoms with Gasteiger partial charge in [0.05, 0.1) is 5.60 Å². The van der Waals surface area contributed by atoms with Crippen LogP contribution in [0.3, 0.4) is 0 Å². The third-order valence-corrected chi connectivity index (χ3v) is 5.08. The van der Waals surface area contributed by atoms with Crippen LogP contribution in [0.5, 0.6) is 0 Å². The summed E-state index contributed by atoms with van der Waals surface area (Å²) in [6.45, 7) is 9.27. The summed E-state index contributed by atoms with van der Waals surface area (Å²) in [5, 5.41) is 15.4. The van der Waals surface area contributed by atoms with Crippen molar-refractivity contribution in [2.24, 2.45) is 0 Å². The standard InChI is InChI=1S/C18H29ClN2O/c1-3-8-18(22,4-2)17(14-21-11-9-20-10-12-21)15-6-5-7-16(19)13-15/h5-7,13,17,20,22H,3-4,8-12,14H2,1-2H3. The maximum Gasteiger partial charge on any atom is 0.0725 e. The monoisotopic (exact) mass is 324 g/mol. The highest BCUT2D eigenvalue weighted by atomic mass is 35.5. The molecule has 124 valence electrons. The number of halogens is 1. The quantitative estimate of drug-likeness (QED) is 0.808. The summed E-state index contributed by atoms with van der Waals surface area (Å²) in [6, 6.07) is 8.02. The first-order valence-electron chi connectivity index (χ1n) is 8.50. The fraction of sp³-hybridized carbons (Fsp3) is 0.667. The van der Waals surface area contributed by atoms with Gasteiger partial charge in [-0.2, -0.15) is 0 Å². The van der Waals surface area contributed by atoms with Crippen molar-refractivity contribution >= 4 is 11.6 Å². The summed E-state index contributed by atoms with van der Waals surface area (Å²) in [4.78, 5) is 2.46. The predicted octanol–water partition coefficient (Wildman–Crippen LogP) is 3.27. The molecule has 0 bridgehead atoms. The summed E-state index contributed by atoms with van der Waals surface area (Å²) in [7, 11) is 0. The Morgan fingerprint density at radius 1 is 1.32 bits per heavy atom. The molecule has 0 aliphatic carbocycles. The van der Waals surface area contributed by atoms with Gasteiger partial charge in [-0.25, -0.2) is 0 Å². The van der Waals surface area contributed by atoms with Crippen molar-refractivity contribution in [2.45, 2.75) is 44.6 Å². The van der Waals surface area contributed by atoms with Gasteiger partial charge in [0.2, 0.25) is 0 Å². The van der Waals surface area contributed by atoms with E-state index < -0.39 is 5.60 Å². The van der Waals surface area contributed by atoms with Gasteiger partial charge in [-0.1, -0.05) is 44.0 Å². The van der Waals surface area contributed by atoms with Gasteiger partial charge >= 0.3 is 0 Å². The number of nitrogens with zero attached hydrogens (tertiary/aromatic N) is 1. The Labute approximate surface area is 139 Å². The molecule has 3 nitrogen and oxygen atoms in total. The van der Waals surface area contributed by atoms with Crippen LogP contribution >= 0.6 is 11.6 Å². The molecule has 0 amide bonds. The van der Waals surface area contributed by atoms with Crippen LogP contribution in [0.1, 0.15) is 44.6 Å². The van der Waals surface area contributed by atoms with Crippen molar-refractivity contribution in [1.29, 1.82) is 0 Å². The first-order chi connectivity index (χ1) is 10.6. The largest absolute Gasteiger partial charge is 0.389 e. The predicted molar refractivity (Wildman–Crippen MR) is 93.7 cm³/mol. The van der Waals surface area contributed by atoms with E-state index in [1.54, 1.807) is 0 Å². The first-order valence-corrected chi connectivity index (χ1v) is 8.87. The lowest BCUT2D eigenvalue weighted by Crippen LogP contribution is -2.49. The summed E-state index contributed by atoms with van der Waals surface area (Å²) in [5.41, 5.74) is 0.494. The van der Waals surface area contributed by atoms with Gasteiger partial charge in [-0.3, -0.25) is 0 Å². The fourth-order valence-electron chi connectivity index (χ4n) is 3.49. The van der Waals surface area contributed by atoms with E-state index in [1.165, 1.54) is 0 Å². The molecule has 2 rings (SSSR count). The van der Waals surface area contributed by atoms with Crippen molar-refractivity contribution in [3.63, 3.8) is 0 Å². The van der Waals surface area contributed by atoms with E-state index in [0.717, 1.165) is 62.6 Å². The lowest BCUT2D eigenvalue weighted by atomic mass is 9.77. The normalized spacial score (nSPS) is 20.5. The van der Waals surface area contributed by atoms with E-state index >= 15 is 0 Å². The Bertz CT molecular complexity index is 462. The Morgan fingerprint density at radius 3 is 2.64 bits per heavy atom. The molecule has 0 spiro atoms. The molecule has 0 aromatic heterocycles. The summed E-state index contributed by atoms with van der Waals surface area (Å²) < 4.78 is 0. The van der Waals surface area contributed by atoms with Crippen LogP contribution in [0.25, 0.3) is 0 Å². The zero-order chi connectivity index (χ0) is 16.0. The number of nitrogens with one attached hydrogen (secondary N) is 1. The van der Waals surface area contributed by atoms with Crippen molar-refractivity contribution < 1.29 is 5.11 Å². The van der Waals surface area contributed by atoms with Gasteiger partial charge in [-0.05, 0) is 30.5 Å². The summed E-state index contributed by atoms with van der Waals surface area (Å²) in [5.74, 6) is 0.106. The number of aliphatic hydroxyl groups is 1. The van der Waals surface area contributed by atoms with Gasteiger partial charge in [-0.15, -0.1) is 0 Å². The number of hydrogen-bond acceptors (Lipinski definition) is 3. The zero-order valence-electron chi connectivity index (χ0n) is 13.8. The van der Waals surface area contributed by atoms with Crippen molar-refractivity contribution in [3.8, 4) is 0 Å². The molecule has 4 heteroatoms. The van der Waals surface area contributed by atoms with Crippen LogP contribution in [0.15, 0.2) is 24.3 Å². The highest BCUT2D eigenvalue weighted by Gasteiger charge is 2.36. The van der Waals surface area contributed by atoms with Crippen molar-refractivity contribution in [1.82, 2.24) is 10.2 Å². The number of piperazine rings is 1. The maximum absolute atomic E-state index is 11.3. The number of benzene rings is 1. The Hall–Kier alpha value is -0.610. The molecule has 0 saturated carbocycles. The lowest BCUT2D eigenvalue weighted by Gasteiger charge is -2.40. The van der Waals surface area contributed by atoms with Crippen LogP contribution in [-0.2, 0) is 0 Å². The lowest BCUT2D eigenvalue weighted by molar-refractivity contribution is -0.0128. The van der Waals surface area contributed by atoms with Crippen LogP contribution in [0.4, 0.5) is 0 Å². The smallest absolute Gasteiger partial charge is 0.0725 e. The summed E-state index contributed by atoms with van der Waals surface area (Å²) >= 11 is 6.20. The van der Waals surface area contributed by atoms with Gasteiger partial charge in [0.1, 0.15) is 0 Å². The summed E-state index contributed by atoms with van der Waals surface area (Å²) in [6.07, 6.45) is 2.58. The SMILES string of the molecule is CCCC(O)(CC)C(CN1CCNCC1)c1cccc(Cl)c1. The Kier molecular flexibility index (Phi) is 6.69. The van der Waals surface area contributed by atoms with E-state index in [2.05, 4.69) is 30.1 Å². The Morgan fingerprint density at radius 2 is 2.05 bits per heavy atom. The van der Waals surface area contributed by atoms with Crippen LogP contribution in [-0.4, -0.2) is 48.3 Å². The number of rotatable bonds is 7. The molecule has 2 unspecified atom stereocenters. The minimum absolute atomic E-state index is 0.106. The molecule has 1 saturated heterocycles. The second-order valence-electron chi connectivity index (χ2n) is 6.37. The van der Waals surface area contributed by atoms with Crippen molar-refractivity contribution in [3.05, 3.63) is 34.9 Å². The maximum atomic E-state index is 11.3.